The van der Waals surface area contributed by atoms with E-state index in [0.717, 1.165) is 36.4 Å². The number of allylic oxidation sites excluding steroid dienone is 4. The molecule has 2 rings (SSSR count). The monoisotopic (exact) mass is 311 g/mol. The van der Waals surface area contributed by atoms with Gasteiger partial charge in [0.1, 0.15) is 11.4 Å². The van der Waals surface area contributed by atoms with Crippen molar-refractivity contribution in [3.8, 4) is 17.0 Å². The van der Waals surface area contributed by atoms with Crippen LogP contribution in [0.5, 0.6) is 5.75 Å². The van der Waals surface area contributed by atoms with Crippen LogP contribution in [0.1, 0.15) is 33.6 Å². The van der Waals surface area contributed by atoms with E-state index in [2.05, 4.69) is 43.2 Å². The van der Waals surface area contributed by atoms with Crippen LogP contribution < -0.4 is 4.74 Å². The molecule has 0 atom stereocenters. The maximum Gasteiger partial charge on any atom is 0.118 e. The van der Waals surface area contributed by atoms with Crippen molar-refractivity contribution in [1.82, 2.24) is 15.0 Å². The number of aromatic nitrogens is 3. The molecule has 0 amide bonds. The molecule has 0 saturated heterocycles. The molecule has 1 heterocycles. The van der Waals surface area contributed by atoms with Crippen LogP contribution in [0, 0.1) is 0 Å². The average molecular weight is 311 g/mol. The second kappa shape index (κ2) is 8.32. The summed E-state index contributed by atoms with van der Waals surface area (Å²) < 4.78 is 7.03. The Hall–Kier alpha value is -2.36. The van der Waals surface area contributed by atoms with Crippen molar-refractivity contribution >= 4 is 0 Å². The molecule has 0 fully saturated rings. The zero-order valence-corrected chi connectivity index (χ0v) is 14.4. The minimum atomic E-state index is 0.754. The van der Waals surface area contributed by atoms with E-state index in [-0.39, 0.29) is 0 Å². The molecule has 2 aromatic rings. The van der Waals surface area contributed by atoms with Crippen molar-refractivity contribution in [2.75, 3.05) is 7.11 Å². The van der Waals surface area contributed by atoms with Crippen molar-refractivity contribution in [1.29, 1.82) is 0 Å². The number of hydrogen-bond acceptors (Lipinski definition) is 3. The first-order chi connectivity index (χ1) is 11.1. The number of nitrogens with zero attached hydrogens (tertiary/aromatic N) is 3. The van der Waals surface area contributed by atoms with Gasteiger partial charge in [-0.15, -0.1) is 5.10 Å². The van der Waals surface area contributed by atoms with E-state index < -0.39 is 0 Å². The number of rotatable bonds is 7. The fourth-order valence-electron chi connectivity index (χ4n) is 2.22. The Morgan fingerprint density at radius 2 is 1.87 bits per heavy atom. The van der Waals surface area contributed by atoms with E-state index >= 15 is 0 Å². The minimum absolute atomic E-state index is 0.754. The lowest BCUT2D eigenvalue weighted by Crippen LogP contribution is -1.96. The van der Waals surface area contributed by atoms with E-state index in [4.69, 9.17) is 4.74 Å². The highest BCUT2D eigenvalue weighted by Gasteiger charge is 2.03. The Balaban J connectivity index is 1.95. The largest absolute Gasteiger partial charge is 0.497 e. The fraction of sp³-hybridized carbons (Fsp3) is 0.368. The molecule has 122 valence electrons. The third kappa shape index (κ3) is 5.40. The molecule has 0 saturated carbocycles. The standard InChI is InChI=1S/C19H25N3O/c1-15(2)6-5-7-16(3)12-13-22-14-19(20-21-22)17-8-10-18(23-4)11-9-17/h6,8-12,14H,5,7,13H2,1-4H3/b16-12-. The molecular formula is C19H25N3O. The van der Waals surface area contributed by atoms with Crippen LogP contribution in [0.4, 0.5) is 0 Å². The van der Waals surface area contributed by atoms with Gasteiger partial charge in [-0.1, -0.05) is 28.5 Å². The van der Waals surface area contributed by atoms with E-state index in [9.17, 15) is 0 Å². The van der Waals surface area contributed by atoms with E-state index in [0.29, 0.717) is 0 Å². The molecule has 0 N–H and O–H groups in total. The fourth-order valence-corrected chi connectivity index (χ4v) is 2.22. The highest BCUT2D eigenvalue weighted by molar-refractivity contribution is 5.58. The van der Waals surface area contributed by atoms with Gasteiger partial charge in [0, 0.05) is 5.56 Å². The van der Waals surface area contributed by atoms with Gasteiger partial charge in [-0.25, -0.2) is 4.68 Å². The summed E-state index contributed by atoms with van der Waals surface area (Å²) in [5.74, 6) is 0.844. The summed E-state index contributed by atoms with van der Waals surface area (Å²) in [7, 11) is 1.66. The normalized spacial score (nSPS) is 11.4. The topological polar surface area (TPSA) is 39.9 Å². The Morgan fingerprint density at radius 1 is 1.13 bits per heavy atom. The van der Waals surface area contributed by atoms with Crippen LogP contribution >= 0.6 is 0 Å². The summed E-state index contributed by atoms with van der Waals surface area (Å²) in [6.45, 7) is 7.19. The smallest absolute Gasteiger partial charge is 0.118 e. The van der Waals surface area contributed by atoms with Gasteiger partial charge in [0.2, 0.25) is 0 Å². The quantitative estimate of drug-likeness (QED) is 0.699. The third-order valence-electron chi connectivity index (χ3n) is 3.64. The maximum atomic E-state index is 5.17. The second-order valence-electron chi connectivity index (χ2n) is 5.92. The van der Waals surface area contributed by atoms with Crippen molar-refractivity contribution in [2.45, 2.75) is 40.2 Å². The van der Waals surface area contributed by atoms with Crippen LogP contribution in [0.25, 0.3) is 11.3 Å². The number of hydrogen-bond donors (Lipinski definition) is 0. The van der Waals surface area contributed by atoms with Gasteiger partial charge in [0.25, 0.3) is 0 Å². The highest BCUT2D eigenvalue weighted by Crippen LogP contribution is 2.20. The van der Waals surface area contributed by atoms with Crippen molar-refractivity contribution < 1.29 is 4.74 Å². The van der Waals surface area contributed by atoms with Gasteiger partial charge in [-0.2, -0.15) is 0 Å². The van der Waals surface area contributed by atoms with Crippen molar-refractivity contribution in [3.63, 3.8) is 0 Å². The van der Waals surface area contributed by atoms with E-state index in [1.54, 1.807) is 7.11 Å². The molecular weight excluding hydrogens is 286 g/mol. The Morgan fingerprint density at radius 3 is 2.52 bits per heavy atom. The van der Waals surface area contributed by atoms with Gasteiger partial charge in [-0.05, 0) is 57.9 Å². The number of benzene rings is 1. The molecule has 0 aliphatic rings. The molecule has 1 aromatic heterocycles. The van der Waals surface area contributed by atoms with E-state index in [1.165, 1.54) is 11.1 Å². The van der Waals surface area contributed by atoms with Crippen molar-refractivity contribution in [3.05, 3.63) is 53.8 Å². The molecule has 1 aromatic carbocycles. The molecule has 4 heteroatoms. The summed E-state index contributed by atoms with van der Waals surface area (Å²) in [4.78, 5) is 0. The van der Waals surface area contributed by atoms with Gasteiger partial charge < -0.3 is 4.74 Å². The number of methoxy groups -OCH3 is 1. The molecule has 0 spiro atoms. The predicted molar refractivity (Wildman–Crippen MR) is 94.4 cm³/mol. The van der Waals surface area contributed by atoms with E-state index in [1.807, 2.05) is 35.1 Å². The summed E-state index contributed by atoms with van der Waals surface area (Å²) >= 11 is 0. The van der Waals surface area contributed by atoms with Crippen LogP contribution in [-0.4, -0.2) is 22.1 Å². The molecule has 0 bridgehead atoms. The van der Waals surface area contributed by atoms with Crippen LogP contribution in [0.3, 0.4) is 0 Å². The van der Waals surface area contributed by atoms with Gasteiger partial charge >= 0.3 is 0 Å². The van der Waals surface area contributed by atoms with Crippen molar-refractivity contribution in [2.24, 2.45) is 0 Å². The molecule has 0 aliphatic carbocycles. The highest BCUT2D eigenvalue weighted by atomic mass is 16.5. The molecule has 0 unspecified atom stereocenters. The Labute approximate surface area is 138 Å². The zero-order valence-electron chi connectivity index (χ0n) is 14.4. The molecule has 4 nitrogen and oxygen atoms in total. The lowest BCUT2D eigenvalue weighted by atomic mass is 10.1. The summed E-state index contributed by atoms with van der Waals surface area (Å²) in [5, 5.41) is 8.43. The molecule has 0 radical (unpaired) electrons. The SMILES string of the molecule is COc1ccc(-c2cn(C/C=C(/C)CCC=C(C)C)nn2)cc1. The summed E-state index contributed by atoms with van der Waals surface area (Å²) in [5.41, 5.74) is 4.67. The Kier molecular flexibility index (Phi) is 6.15. The van der Waals surface area contributed by atoms with Gasteiger partial charge in [0.05, 0.1) is 19.9 Å². The maximum absolute atomic E-state index is 5.17. The average Bonchev–Trinajstić information content (AvgIpc) is 3.01. The van der Waals surface area contributed by atoms with Gasteiger partial charge in [0.15, 0.2) is 0 Å². The number of ether oxygens (including phenoxy) is 1. The first-order valence-corrected chi connectivity index (χ1v) is 7.92. The molecule has 23 heavy (non-hydrogen) atoms. The van der Waals surface area contributed by atoms with Crippen LogP contribution in [-0.2, 0) is 6.54 Å². The first kappa shape index (κ1) is 17.0. The van der Waals surface area contributed by atoms with Crippen LogP contribution in [0.2, 0.25) is 0 Å². The first-order valence-electron chi connectivity index (χ1n) is 7.92. The summed E-state index contributed by atoms with van der Waals surface area (Å²) in [6.07, 6.45) is 8.64. The lowest BCUT2D eigenvalue weighted by Gasteiger charge is -2.00. The summed E-state index contributed by atoms with van der Waals surface area (Å²) in [6, 6.07) is 7.85. The third-order valence-corrected chi connectivity index (χ3v) is 3.64. The predicted octanol–water partition coefficient (Wildman–Crippen LogP) is 4.65. The molecule has 0 aliphatic heterocycles. The second-order valence-corrected chi connectivity index (χ2v) is 5.92. The minimum Gasteiger partial charge on any atom is -0.497 e. The van der Waals surface area contributed by atoms with Gasteiger partial charge in [-0.3, -0.25) is 0 Å². The zero-order chi connectivity index (χ0) is 16.7. The Bertz CT molecular complexity index is 677. The lowest BCUT2D eigenvalue weighted by molar-refractivity contribution is 0.415. The van der Waals surface area contributed by atoms with Crippen LogP contribution in [0.15, 0.2) is 53.8 Å².